The van der Waals surface area contributed by atoms with Crippen molar-refractivity contribution in [3.8, 4) is 0 Å². The molecule has 74 valence electrons. The van der Waals surface area contributed by atoms with Crippen molar-refractivity contribution in [3.05, 3.63) is 29.3 Å². The standard InChI is InChI=1S/C11H14N2O/c1-7-4-8(2-3-10(7)12)9-5-11(14)13-6-9/h2-4,9H,5-6,12H2,1H3,(H,13,14). The van der Waals surface area contributed by atoms with E-state index in [0.29, 0.717) is 12.3 Å². The van der Waals surface area contributed by atoms with Gasteiger partial charge in [0.2, 0.25) is 5.91 Å². The third kappa shape index (κ3) is 1.58. The van der Waals surface area contributed by atoms with E-state index < -0.39 is 0 Å². The van der Waals surface area contributed by atoms with Gasteiger partial charge in [-0.3, -0.25) is 4.79 Å². The smallest absolute Gasteiger partial charge is 0.220 e. The van der Waals surface area contributed by atoms with Crippen LogP contribution in [0.5, 0.6) is 0 Å². The number of nitrogens with one attached hydrogen (secondary N) is 1. The number of amides is 1. The second-order valence-electron chi connectivity index (χ2n) is 3.82. The van der Waals surface area contributed by atoms with Crippen LogP contribution in [0, 0.1) is 6.92 Å². The molecule has 1 heterocycles. The number of rotatable bonds is 1. The summed E-state index contributed by atoms with van der Waals surface area (Å²) in [5.74, 6) is 0.464. The molecule has 0 radical (unpaired) electrons. The van der Waals surface area contributed by atoms with Gasteiger partial charge in [0.05, 0.1) is 0 Å². The molecule has 1 aliphatic heterocycles. The fourth-order valence-electron chi connectivity index (χ4n) is 1.79. The van der Waals surface area contributed by atoms with Crippen LogP contribution in [-0.2, 0) is 4.79 Å². The Morgan fingerprint density at radius 2 is 2.29 bits per heavy atom. The second-order valence-corrected chi connectivity index (χ2v) is 3.82. The molecule has 0 aliphatic carbocycles. The highest BCUT2D eigenvalue weighted by Crippen LogP contribution is 2.25. The lowest BCUT2D eigenvalue weighted by molar-refractivity contribution is -0.119. The van der Waals surface area contributed by atoms with Crippen molar-refractivity contribution in [1.29, 1.82) is 0 Å². The number of carbonyl (C=O) groups is 1. The highest BCUT2D eigenvalue weighted by atomic mass is 16.1. The molecule has 0 bridgehead atoms. The molecule has 0 aromatic heterocycles. The van der Waals surface area contributed by atoms with E-state index in [4.69, 9.17) is 5.73 Å². The van der Waals surface area contributed by atoms with Crippen molar-refractivity contribution in [1.82, 2.24) is 5.32 Å². The van der Waals surface area contributed by atoms with Crippen LogP contribution in [0.4, 0.5) is 5.69 Å². The Morgan fingerprint density at radius 3 is 2.86 bits per heavy atom. The third-order valence-corrected chi connectivity index (χ3v) is 2.74. The zero-order valence-electron chi connectivity index (χ0n) is 8.21. The first kappa shape index (κ1) is 9.06. The predicted octanol–water partition coefficient (Wildman–Crippen LogP) is 1.18. The van der Waals surface area contributed by atoms with Crippen LogP contribution in [0.3, 0.4) is 0 Å². The van der Waals surface area contributed by atoms with E-state index in [1.54, 1.807) is 0 Å². The minimum Gasteiger partial charge on any atom is -0.399 e. The Balaban J connectivity index is 2.24. The zero-order valence-corrected chi connectivity index (χ0v) is 8.21. The average Bonchev–Trinajstić information content (AvgIpc) is 2.57. The number of hydrogen-bond acceptors (Lipinski definition) is 2. The van der Waals surface area contributed by atoms with Gasteiger partial charge in [-0.2, -0.15) is 0 Å². The summed E-state index contributed by atoms with van der Waals surface area (Å²) < 4.78 is 0. The molecule has 1 amide bonds. The monoisotopic (exact) mass is 190 g/mol. The highest BCUT2D eigenvalue weighted by molar-refractivity contribution is 5.79. The van der Waals surface area contributed by atoms with Gasteiger partial charge in [-0.1, -0.05) is 12.1 Å². The summed E-state index contributed by atoms with van der Waals surface area (Å²) >= 11 is 0. The first-order valence-corrected chi connectivity index (χ1v) is 4.79. The molecule has 1 aromatic carbocycles. The number of aryl methyl sites for hydroxylation is 1. The summed E-state index contributed by atoms with van der Waals surface area (Å²) in [6.07, 6.45) is 0.601. The number of carbonyl (C=O) groups excluding carboxylic acids is 1. The third-order valence-electron chi connectivity index (χ3n) is 2.74. The van der Waals surface area contributed by atoms with E-state index in [9.17, 15) is 4.79 Å². The Labute approximate surface area is 83.3 Å². The molecule has 1 fully saturated rings. The summed E-state index contributed by atoms with van der Waals surface area (Å²) in [4.78, 5) is 11.0. The molecule has 3 nitrogen and oxygen atoms in total. The quantitative estimate of drug-likeness (QED) is 0.653. The Bertz CT molecular complexity index is 374. The molecular weight excluding hydrogens is 176 g/mol. The maximum absolute atomic E-state index is 11.0. The molecular formula is C11H14N2O. The van der Waals surface area contributed by atoms with Gasteiger partial charge in [-0.25, -0.2) is 0 Å². The predicted molar refractivity (Wildman–Crippen MR) is 56.0 cm³/mol. The van der Waals surface area contributed by atoms with Crippen molar-refractivity contribution >= 4 is 11.6 Å². The van der Waals surface area contributed by atoms with Gasteiger partial charge >= 0.3 is 0 Å². The number of benzene rings is 1. The fraction of sp³-hybridized carbons (Fsp3) is 0.364. The topological polar surface area (TPSA) is 55.1 Å². The lowest BCUT2D eigenvalue weighted by atomic mass is 9.96. The lowest BCUT2D eigenvalue weighted by Gasteiger charge is -2.09. The van der Waals surface area contributed by atoms with Gasteiger partial charge in [-0.05, 0) is 24.1 Å². The van der Waals surface area contributed by atoms with Crippen LogP contribution < -0.4 is 11.1 Å². The van der Waals surface area contributed by atoms with E-state index in [0.717, 1.165) is 17.8 Å². The summed E-state index contributed by atoms with van der Waals surface area (Å²) in [5.41, 5.74) is 8.83. The molecule has 2 rings (SSSR count). The number of hydrogen-bond donors (Lipinski definition) is 2. The average molecular weight is 190 g/mol. The molecule has 3 heteroatoms. The van der Waals surface area contributed by atoms with Gasteiger partial charge in [0.25, 0.3) is 0 Å². The van der Waals surface area contributed by atoms with Crippen LogP contribution in [0.25, 0.3) is 0 Å². The van der Waals surface area contributed by atoms with Gasteiger partial charge in [-0.15, -0.1) is 0 Å². The van der Waals surface area contributed by atoms with Crippen molar-refractivity contribution in [2.45, 2.75) is 19.3 Å². The van der Waals surface area contributed by atoms with Crippen LogP contribution in [0.1, 0.15) is 23.5 Å². The summed E-state index contributed by atoms with van der Waals surface area (Å²) in [5, 5.41) is 2.83. The van der Waals surface area contributed by atoms with E-state index in [1.165, 1.54) is 5.56 Å². The number of nitrogen functional groups attached to an aromatic ring is 1. The summed E-state index contributed by atoms with van der Waals surface area (Å²) in [6.45, 7) is 2.74. The Morgan fingerprint density at radius 1 is 1.50 bits per heavy atom. The molecule has 1 unspecified atom stereocenters. The maximum atomic E-state index is 11.0. The molecule has 1 aliphatic rings. The SMILES string of the molecule is Cc1cc(C2CNC(=O)C2)ccc1N. The number of nitrogens with two attached hydrogens (primary N) is 1. The molecule has 1 atom stereocenters. The minimum atomic E-state index is 0.143. The zero-order chi connectivity index (χ0) is 10.1. The number of anilines is 1. The molecule has 0 saturated carbocycles. The maximum Gasteiger partial charge on any atom is 0.220 e. The largest absolute Gasteiger partial charge is 0.399 e. The van der Waals surface area contributed by atoms with Crippen molar-refractivity contribution < 1.29 is 4.79 Å². The summed E-state index contributed by atoms with van der Waals surface area (Å²) in [6, 6.07) is 5.99. The highest BCUT2D eigenvalue weighted by Gasteiger charge is 2.22. The van der Waals surface area contributed by atoms with Crippen LogP contribution >= 0.6 is 0 Å². The van der Waals surface area contributed by atoms with E-state index in [-0.39, 0.29) is 5.91 Å². The normalized spacial score (nSPS) is 20.9. The van der Waals surface area contributed by atoms with Gasteiger partial charge in [0, 0.05) is 24.6 Å². The molecule has 3 N–H and O–H groups in total. The van der Waals surface area contributed by atoms with Gasteiger partial charge in [0.1, 0.15) is 0 Å². The molecule has 0 spiro atoms. The van der Waals surface area contributed by atoms with Crippen LogP contribution in [0.2, 0.25) is 0 Å². The van der Waals surface area contributed by atoms with E-state index >= 15 is 0 Å². The van der Waals surface area contributed by atoms with Crippen molar-refractivity contribution in [2.75, 3.05) is 12.3 Å². The summed E-state index contributed by atoms with van der Waals surface area (Å²) in [7, 11) is 0. The van der Waals surface area contributed by atoms with Crippen molar-refractivity contribution in [3.63, 3.8) is 0 Å². The second kappa shape index (κ2) is 3.33. The van der Waals surface area contributed by atoms with Gasteiger partial charge < -0.3 is 11.1 Å². The Hall–Kier alpha value is -1.51. The van der Waals surface area contributed by atoms with Gasteiger partial charge in [0.15, 0.2) is 0 Å². The molecule has 1 saturated heterocycles. The molecule has 14 heavy (non-hydrogen) atoms. The lowest BCUT2D eigenvalue weighted by Crippen LogP contribution is -2.13. The Kier molecular flexibility index (Phi) is 2.15. The van der Waals surface area contributed by atoms with Crippen LogP contribution in [-0.4, -0.2) is 12.5 Å². The van der Waals surface area contributed by atoms with Crippen molar-refractivity contribution in [2.24, 2.45) is 0 Å². The first-order valence-electron chi connectivity index (χ1n) is 4.79. The molecule has 1 aromatic rings. The van der Waals surface area contributed by atoms with E-state index in [1.807, 2.05) is 19.1 Å². The first-order chi connectivity index (χ1) is 6.66. The fourth-order valence-corrected chi connectivity index (χ4v) is 1.79. The van der Waals surface area contributed by atoms with Crippen LogP contribution in [0.15, 0.2) is 18.2 Å². The minimum absolute atomic E-state index is 0.143. The van der Waals surface area contributed by atoms with E-state index in [2.05, 4.69) is 11.4 Å².